The molecule has 0 saturated carbocycles. The standard InChI is InChI=1S/C19H21N5O/c1-15(25)23-18-9-7-16(8-10-18)11-21-19(12-24-14-20-13-22-24)17-5-3-2-4-6-17/h2-10,13-14,19,21H,11-12H2,1H3,(H,23,25). The first kappa shape index (κ1) is 16.9. The van der Waals surface area contributed by atoms with Gasteiger partial charge in [0.25, 0.3) is 0 Å². The van der Waals surface area contributed by atoms with Gasteiger partial charge in [-0.05, 0) is 23.3 Å². The average Bonchev–Trinajstić information content (AvgIpc) is 3.13. The van der Waals surface area contributed by atoms with E-state index in [9.17, 15) is 4.79 Å². The van der Waals surface area contributed by atoms with Crippen molar-refractivity contribution in [2.45, 2.75) is 26.1 Å². The number of hydrogen-bond donors (Lipinski definition) is 2. The highest BCUT2D eigenvalue weighted by Gasteiger charge is 2.12. The quantitative estimate of drug-likeness (QED) is 0.696. The van der Waals surface area contributed by atoms with Gasteiger partial charge in [0.2, 0.25) is 5.91 Å². The van der Waals surface area contributed by atoms with Crippen molar-refractivity contribution >= 4 is 11.6 Å². The van der Waals surface area contributed by atoms with E-state index in [1.54, 1.807) is 12.7 Å². The summed E-state index contributed by atoms with van der Waals surface area (Å²) in [6.45, 7) is 2.92. The maximum absolute atomic E-state index is 11.1. The van der Waals surface area contributed by atoms with Crippen LogP contribution in [-0.4, -0.2) is 20.7 Å². The maximum atomic E-state index is 11.1. The first-order valence-electron chi connectivity index (χ1n) is 8.18. The van der Waals surface area contributed by atoms with Crippen molar-refractivity contribution in [3.05, 3.63) is 78.4 Å². The molecule has 25 heavy (non-hydrogen) atoms. The molecule has 0 aliphatic carbocycles. The predicted octanol–water partition coefficient (Wildman–Crippen LogP) is 2.77. The smallest absolute Gasteiger partial charge is 0.221 e. The molecule has 0 aliphatic heterocycles. The molecule has 2 N–H and O–H groups in total. The third-order valence-corrected chi connectivity index (χ3v) is 3.87. The lowest BCUT2D eigenvalue weighted by molar-refractivity contribution is -0.114. The van der Waals surface area contributed by atoms with E-state index in [0.29, 0.717) is 13.1 Å². The molecule has 128 valence electrons. The van der Waals surface area contributed by atoms with Crippen LogP contribution in [0.5, 0.6) is 0 Å². The Balaban J connectivity index is 1.67. The third kappa shape index (κ3) is 4.99. The lowest BCUT2D eigenvalue weighted by Gasteiger charge is -2.19. The van der Waals surface area contributed by atoms with E-state index >= 15 is 0 Å². The summed E-state index contributed by atoms with van der Waals surface area (Å²) in [6.07, 6.45) is 3.27. The van der Waals surface area contributed by atoms with E-state index in [1.165, 1.54) is 12.5 Å². The van der Waals surface area contributed by atoms with Crippen molar-refractivity contribution in [2.24, 2.45) is 0 Å². The molecule has 0 bridgehead atoms. The van der Waals surface area contributed by atoms with Crippen LogP contribution in [0.4, 0.5) is 5.69 Å². The fourth-order valence-corrected chi connectivity index (χ4v) is 2.64. The summed E-state index contributed by atoms with van der Waals surface area (Å²) in [5.41, 5.74) is 3.15. The SMILES string of the molecule is CC(=O)Nc1ccc(CNC(Cn2cncn2)c2ccccc2)cc1. The molecule has 0 fully saturated rings. The van der Waals surface area contributed by atoms with Gasteiger partial charge in [-0.15, -0.1) is 0 Å². The van der Waals surface area contributed by atoms with Crippen LogP contribution in [-0.2, 0) is 17.9 Å². The Morgan fingerprint density at radius 2 is 1.88 bits per heavy atom. The molecular weight excluding hydrogens is 314 g/mol. The fraction of sp³-hybridized carbons (Fsp3) is 0.211. The zero-order valence-corrected chi connectivity index (χ0v) is 14.1. The van der Waals surface area contributed by atoms with Gasteiger partial charge >= 0.3 is 0 Å². The number of nitrogens with one attached hydrogen (secondary N) is 2. The minimum absolute atomic E-state index is 0.0668. The summed E-state index contributed by atoms with van der Waals surface area (Å²) < 4.78 is 1.82. The second kappa shape index (κ2) is 8.21. The van der Waals surface area contributed by atoms with E-state index < -0.39 is 0 Å². The van der Waals surface area contributed by atoms with E-state index in [1.807, 2.05) is 47.1 Å². The average molecular weight is 335 g/mol. The highest BCUT2D eigenvalue weighted by atomic mass is 16.1. The number of carbonyl (C=O) groups excluding carboxylic acids is 1. The minimum atomic E-state index is -0.0668. The number of carbonyl (C=O) groups is 1. The van der Waals surface area contributed by atoms with Crippen LogP contribution in [0.2, 0.25) is 0 Å². The van der Waals surface area contributed by atoms with Gasteiger partial charge in [-0.2, -0.15) is 5.10 Å². The molecule has 2 aromatic carbocycles. The van der Waals surface area contributed by atoms with Crippen molar-refractivity contribution in [2.75, 3.05) is 5.32 Å². The van der Waals surface area contributed by atoms with Crippen molar-refractivity contribution in [3.63, 3.8) is 0 Å². The summed E-state index contributed by atoms with van der Waals surface area (Å²) in [6, 6.07) is 18.3. The first-order valence-corrected chi connectivity index (χ1v) is 8.18. The number of hydrogen-bond acceptors (Lipinski definition) is 4. The molecule has 0 aliphatic rings. The lowest BCUT2D eigenvalue weighted by Crippen LogP contribution is -2.25. The Kier molecular flexibility index (Phi) is 5.53. The molecule has 0 spiro atoms. The van der Waals surface area contributed by atoms with E-state index in [0.717, 1.165) is 11.3 Å². The zero-order valence-electron chi connectivity index (χ0n) is 14.1. The van der Waals surface area contributed by atoms with Gasteiger partial charge < -0.3 is 10.6 Å². The first-order chi connectivity index (χ1) is 12.2. The Labute approximate surface area is 146 Å². The second-order valence-corrected chi connectivity index (χ2v) is 5.84. The van der Waals surface area contributed by atoms with Crippen molar-refractivity contribution < 1.29 is 4.79 Å². The summed E-state index contributed by atoms with van der Waals surface area (Å²) in [4.78, 5) is 15.1. The van der Waals surface area contributed by atoms with Crippen LogP contribution in [0.15, 0.2) is 67.3 Å². The number of amides is 1. The number of rotatable bonds is 7. The Morgan fingerprint density at radius 3 is 2.52 bits per heavy atom. The molecule has 0 radical (unpaired) electrons. The normalized spacial score (nSPS) is 11.9. The number of nitrogens with zero attached hydrogens (tertiary/aromatic N) is 3. The molecule has 0 saturated heterocycles. The third-order valence-electron chi connectivity index (χ3n) is 3.87. The summed E-state index contributed by atoms with van der Waals surface area (Å²) >= 11 is 0. The Morgan fingerprint density at radius 1 is 1.12 bits per heavy atom. The highest BCUT2D eigenvalue weighted by molar-refractivity contribution is 5.88. The van der Waals surface area contributed by atoms with Crippen LogP contribution >= 0.6 is 0 Å². The number of aromatic nitrogens is 3. The maximum Gasteiger partial charge on any atom is 0.221 e. The molecule has 1 amide bonds. The fourth-order valence-electron chi connectivity index (χ4n) is 2.64. The Bertz CT molecular complexity index is 784. The van der Waals surface area contributed by atoms with Crippen LogP contribution in [0.1, 0.15) is 24.1 Å². The van der Waals surface area contributed by atoms with Crippen molar-refractivity contribution in [1.82, 2.24) is 20.1 Å². The molecule has 3 rings (SSSR count). The molecule has 6 nitrogen and oxygen atoms in total. The molecule has 1 aromatic heterocycles. The molecule has 1 atom stereocenters. The van der Waals surface area contributed by atoms with Gasteiger partial charge in [-0.1, -0.05) is 42.5 Å². The van der Waals surface area contributed by atoms with Crippen LogP contribution in [0.25, 0.3) is 0 Å². The van der Waals surface area contributed by atoms with Crippen molar-refractivity contribution in [1.29, 1.82) is 0 Å². The zero-order chi connectivity index (χ0) is 17.5. The van der Waals surface area contributed by atoms with Gasteiger partial charge in [0, 0.05) is 19.2 Å². The topological polar surface area (TPSA) is 71.8 Å². The van der Waals surface area contributed by atoms with E-state index in [-0.39, 0.29) is 11.9 Å². The molecular formula is C19H21N5O. The predicted molar refractivity (Wildman–Crippen MR) is 96.8 cm³/mol. The summed E-state index contributed by atoms with van der Waals surface area (Å²) in [7, 11) is 0. The van der Waals surface area contributed by atoms with Gasteiger partial charge in [-0.25, -0.2) is 4.98 Å². The van der Waals surface area contributed by atoms with Crippen LogP contribution in [0, 0.1) is 0 Å². The van der Waals surface area contributed by atoms with Crippen LogP contribution in [0.3, 0.4) is 0 Å². The monoisotopic (exact) mass is 335 g/mol. The lowest BCUT2D eigenvalue weighted by atomic mass is 10.1. The largest absolute Gasteiger partial charge is 0.326 e. The number of benzene rings is 2. The molecule has 1 unspecified atom stereocenters. The molecule has 6 heteroatoms. The van der Waals surface area contributed by atoms with Gasteiger partial charge in [0.05, 0.1) is 12.6 Å². The second-order valence-electron chi connectivity index (χ2n) is 5.84. The Hall–Kier alpha value is -2.99. The highest BCUT2D eigenvalue weighted by Crippen LogP contribution is 2.16. The van der Waals surface area contributed by atoms with Gasteiger partial charge in [0.15, 0.2) is 0 Å². The van der Waals surface area contributed by atoms with Crippen molar-refractivity contribution in [3.8, 4) is 0 Å². The van der Waals surface area contributed by atoms with Gasteiger partial charge in [-0.3, -0.25) is 9.48 Å². The van der Waals surface area contributed by atoms with E-state index in [4.69, 9.17) is 0 Å². The molecule has 3 aromatic rings. The minimum Gasteiger partial charge on any atom is -0.326 e. The van der Waals surface area contributed by atoms with E-state index in [2.05, 4.69) is 32.8 Å². The number of anilines is 1. The van der Waals surface area contributed by atoms with Gasteiger partial charge in [0.1, 0.15) is 12.7 Å². The summed E-state index contributed by atoms with van der Waals surface area (Å²) in [5, 5.41) is 10.6. The molecule has 1 heterocycles. The van der Waals surface area contributed by atoms with Crippen LogP contribution < -0.4 is 10.6 Å². The summed E-state index contributed by atoms with van der Waals surface area (Å²) in [5.74, 6) is -0.0668.